The highest BCUT2D eigenvalue weighted by atomic mass is 15.2. The minimum atomic E-state index is 0.676. The van der Waals surface area contributed by atoms with Gasteiger partial charge in [-0.05, 0) is 27.8 Å². The van der Waals surface area contributed by atoms with Crippen molar-refractivity contribution in [2.24, 2.45) is 0 Å². The van der Waals surface area contributed by atoms with Crippen molar-refractivity contribution in [3.05, 3.63) is 0 Å². The summed E-state index contributed by atoms with van der Waals surface area (Å²) in [5.41, 5.74) is 0. The predicted molar refractivity (Wildman–Crippen MR) is 44.2 cm³/mol. The Balaban J connectivity index is 2.34. The second-order valence-corrected chi connectivity index (χ2v) is 3.52. The summed E-state index contributed by atoms with van der Waals surface area (Å²) in [6, 6.07) is 2.13. The number of hydrogen-bond donors (Lipinski definition) is 1. The van der Waals surface area contributed by atoms with Crippen molar-refractivity contribution in [1.29, 1.82) is 0 Å². The van der Waals surface area contributed by atoms with E-state index in [-0.39, 0.29) is 0 Å². The van der Waals surface area contributed by atoms with Gasteiger partial charge in [-0.2, -0.15) is 0 Å². The van der Waals surface area contributed by atoms with Gasteiger partial charge >= 0.3 is 0 Å². The Bertz CT molecular complexity index is 107. The molecule has 1 aliphatic heterocycles. The summed E-state index contributed by atoms with van der Waals surface area (Å²) in [7, 11) is 2.20. The van der Waals surface area contributed by atoms with Crippen molar-refractivity contribution in [2.45, 2.75) is 38.9 Å². The Morgan fingerprint density at radius 3 is 2.20 bits per heavy atom. The van der Waals surface area contributed by atoms with Gasteiger partial charge in [-0.15, -0.1) is 0 Å². The first-order valence-corrected chi connectivity index (χ1v) is 4.08. The van der Waals surface area contributed by atoms with Crippen LogP contribution in [0.15, 0.2) is 0 Å². The van der Waals surface area contributed by atoms with E-state index >= 15 is 0 Å². The molecular weight excluding hydrogens is 124 g/mol. The van der Waals surface area contributed by atoms with Gasteiger partial charge in [0.1, 0.15) is 0 Å². The Morgan fingerprint density at radius 2 is 2.10 bits per heavy atom. The van der Waals surface area contributed by atoms with Crippen LogP contribution in [-0.4, -0.2) is 36.6 Å². The molecule has 0 aromatic heterocycles. The standard InChI is InChI=1S/C8H18N2/c1-6(2)10(4)8-5-9-7(8)3/h6-9H,5H2,1-4H3/t7-,8-/m0/s1. The molecule has 0 unspecified atom stereocenters. The molecule has 1 heterocycles. The fourth-order valence-electron chi connectivity index (χ4n) is 1.34. The molecule has 1 aliphatic rings. The molecule has 1 saturated heterocycles. The topological polar surface area (TPSA) is 15.3 Å². The molecule has 1 rings (SSSR count). The lowest BCUT2D eigenvalue weighted by Gasteiger charge is -2.43. The van der Waals surface area contributed by atoms with Crippen LogP contribution in [0.3, 0.4) is 0 Å². The third-order valence-corrected chi connectivity index (χ3v) is 2.56. The first kappa shape index (κ1) is 8.02. The summed E-state index contributed by atoms with van der Waals surface area (Å²) in [5, 5.41) is 3.35. The molecule has 0 amide bonds. The van der Waals surface area contributed by atoms with Gasteiger partial charge < -0.3 is 5.32 Å². The van der Waals surface area contributed by atoms with E-state index in [1.807, 2.05) is 0 Å². The van der Waals surface area contributed by atoms with E-state index in [2.05, 4.69) is 38.0 Å². The molecule has 0 aliphatic carbocycles. The zero-order valence-corrected chi connectivity index (χ0v) is 7.39. The van der Waals surface area contributed by atoms with Gasteiger partial charge in [-0.25, -0.2) is 0 Å². The highest BCUT2D eigenvalue weighted by Gasteiger charge is 2.30. The molecule has 0 radical (unpaired) electrons. The smallest absolute Gasteiger partial charge is 0.0371 e. The second kappa shape index (κ2) is 2.89. The highest BCUT2D eigenvalue weighted by molar-refractivity contribution is 4.92. The lowest BCUT2D eigenvalue weighted by atomic mass is 10.00. The average Bonchev–Trinajstić information content (AvgIpc) is 1.84. The molecule has 2 atom stereocenters. The fourth-order valence-corrected chi connectivity index (χ4v) is 1.34. The molecular formula is C8H18N2. The van der Waals surface area contributed by atoms with Gasteiger partial charge in [0.15, 0.2) is 0 Å². The summed E-state index contributed by atoms with van der Waals surface area (Å²) in [6.45, 7) is 7.89. The number of nitrogens with one attached hydrogen (secondary N) is 1. The lowest BCUT2D eigenvalue weighted by Crippen LogP contribution is -2.63. The van der Waals surface area contributed by atoms with Crippen molar-refractivity contribution in [3.8, 4) is 0 Å². The highest BCUT2D eigenvalue weighted by Crippen LogP contribution is 2.12. The molecule has 2 nitrogen and oxygen atoms in total. The fraction of sp³-hybridized carbons (Fsp3) is 1.00. The molecule has 0 bridgehead atoms. The van der Waals surface area contributed by atoms with Crippen LogP contribution in [0.5, 0.6) is 0 Å². The SMILES string of the molecule is CC(C)N(C)[C@H]1CN[C@H]1C. The number of hydrogen-bond acceptors (Lipinski definition) is 2. The zero-order valence-electron chi connectivity index (χ0n) is 7.39. The van der Waals surface area contributed by atoms with Gasteiger partial charge in [0.25, 0.3) is 0 Å². The number of likely N-dealkylation sites (N-methyl/N-ethyl adjacent to an activating group) is 1. The van der Waals surface area contributed by atoms with Gasteiger partial charge in [-0.3, -0.25) is 4.90 Å². The largest absolute Gasteiger partial charge is 0.311 e. The van der Waals surface area contributed by atoms with Crippen molar-refractivity contribution in [1.82, 2.24) is 10.2 Å². The Kier molecular flexibility index (Phi) is 2.32. The van der Waals surface area contributed by atoms with E-state index in [0.29, 0.717) is 12.1 Å². The summed E-state index contributed by atoms with van der Waals surface area (Å²) >= 11 is 0. The molecule has 10 heavy (non-hydrogen) atoms. The van der Waals surface area contributed by atoms with Crippen molar-refractivity contribution < 1.29 is 0 Å². The maximum Gasteiger partial charge on any atom is 0.0371 e. The maximum absolute atomic E-state index is 3.35. The Morgan fingerprint density at radius 1 is 1.50 bits per heavy atom. The molecule has 0 saturated carbocycles. The van der Waals surface area contributed by atoms with Crippen molar-refractivity contribution in [3.63, 3.8) is 0 Å². The quantitative estimate of drug-likeness (QED) is 0.610. The summed E-state index contributed by atoms with van der Waals surface area (Å²) < 4.78 is 0. The van der Waals surface area contributed by atoms with Crippen molar-refractivity contribution >= 4 is 0 Å². The van der Waals surface area contributed by atoms with Crippen LogP contribution >= 0.6 is 0 Å². The number of rotatable bonds is 2. The Labute approximate surface area is 63.6 Å². The lowest BCUT2D eigenvalue weighted by molar-refractivity contribution is 0.103. The minimum Gasteiger partial charge on any atom is -0.311 e. The van der Waals surface area contributed by atoms with Crippen LogP contribution in [0.1, 0.15) is 20.8 Å². The van der Waals surface area contributed by atoms with Gasteiger partial charge in [-0.1, -0.05) is 0 Å². The van der Waals surface area contributed by atoms with Crippen LogP contribution in [0, 0.1) is 0 Å². The van der Waals surface area contributed by atoms with Gasteiger partial charge in [0.2, 0.25) is 0 Å². The summed E-state index contributed by atoms with van der Waals surface area (Å²) in [5.74, 6) is 0. The van der Waals surface area contributed by atoms with E-state index < -0.39 is 0 Å². The second-order valence-electron chi connectivity index (χ2n) is 3.52. The van der Waals surface area contributed by atoms with Gasteiger partial charge in [0.05, 0.1) is 0 Å². The first-order valence-electron chi connectivity index (χ1n) is 4.08. The summed E-state index contributed by atoms with van der Waals surface area (Å²) in [4.78, 5) is 2.43. The molecule has 2 heteroatoms. The molecule has 60 valence electrons. The Hall–Kier alpha value is -0.0800. The van der Waals surface area contributed by atoms with E-state index in [1.54, 1.807) is 0 Å². The normalized spacial score (nSPS) is 33.0. The molecule has 0 spiro atoms. The third-order valence-electron chi connectivity index (χ3n) is 2.56. The molecule has 0 aromatic carbocycles. The van der Waals surface area contributed by atoms with Crippen LogP contribution in [0.4, 0.5) is 0 Å². The molecule has 1 N–H and O–H groups in total. The number of nitrogens with zero attached hydrogens (tertiary/aromatic N) is 1. The van der Waals surface area contributed by atoms with Crippen LogP contribution in [0.2, 0.25) is 0 Å². The van der Waals surface area contributed by atoms with E-state index in [1.165, 1.54) is 0 Å². The third kappa shape index (κ3) is 1.32. The van der Waals surface area contributed by atoms with E-state index in [0.717, 1.165) is 12.6 Å². The van der Waals surface area contributed by atoms with Crippen LogP contribution in [0.25, 0.3) is 0 Å². The van der Waals surface area contributed by atoms with Crippen LogP contribution < -0.4 is 5.32 Å². The first-order chi connectivity index (χ1) is 4.63. The zero-order chi connectivity index (χ0) is 7.72. The van der Waals surface area contributed by atoms with E-state index in [4.69, 9.17) is 0 Å². The minimum absolute atomic E-state index is 0.676. The monoisotopic (exact) mass is 142 g/mol. The maximum atomic E-state index is 3.35. The predicted octanol–water partition coefficient (Wildman–Crippen LogP) is 0.687. The van der Waals surface area contributed by atoms with E-state index in [9.17, 15) is 0 Å². The van der Waals surface area contributed by atoms with Crippen molar-refractivity contribution in [2.75, 3.05) is 13.6 Å². The van der Waals surface area contributed by atoms with Gasteiger partial charge in [0, 0.05) is 24.7 Å². The molecule has 0 aromatic rings. The average molecular weight is 142 g/mol. The summed E-state index contributed by atoms with van der Waals surface area (Å²) in [6.07, 6.45) is 0. The molecule has 1 fully saturated rings. The van der Waals surface area contributed by atoms with Crippen LogP contribution in [-0.2, 0) is 0 Å².